The molecule has 0 N–H and O–H groups in total. The first-order valence-corrected chi connectivity index (χ1v) is 3.55. The summed E-state index contributed by atoms with van der Waals surface area (Å²) in [6.45, 7) is 5.68. The van der Waals surface area contributed by atoms with E-state index in [-0.39, 0.29) is 5.92 Å². The summed E-state index contributed by atoms with van der Waals surface area (Å²) in [6, 6.07) is 0. The minimum atomic E-state index is -0.505. The molecule has 0 aromatic carbocycles. The van der Waals surface area contributed by atoms with Crippen LogP contribution in [-0.4, -0.2) is 9.97 Å². The Bertz CT molecular complexity index is 237. The lowest BCUT2D eigenvalue weighted by molar-refractivity contribution is 0.541. The monoisotopic (exact) mass is 153 g/mol. The summed E-state index contributed by atoms with van der Waals surface area (Å²) in [7, 11) is 0. The predicted molar refractivity (Wildman–Crippen MR) is 40.4 cm³/mol. The zero-order chi connectivity index (χ0) is 8.27. The molecule has 0 saturated carbocycles. The molecule has 2 nitrogen and oxygen atoms in total. The van der Waals surface area contributed by atoms with Crippen molar-refractivity contribution >= 4 is 0 Å². The van der Waals surface area contributed by atoms with E-state index in [1.165, 1.54) is 12.4 Å². The highest BCUT2D eigenvalue weighted by Gasteiger charge is 2.10. The number of hydrogen-bond donors (Lipinski definition) is 0. The van der Waals surface area contributed by atoms with Crippen LogP contribution in [0.4, 0.5) is 4.39 Å². The summed E-state index contributed by atoms with van der Waals surface area (Å²) in [6.07, 6.45) is 3.59. The summed E-state index contributed by atoms with van der Waals surface area (Å²) in [5.41, 5.74) is 0.356. The molecule has 1 aromatic rings. The fraction of sp³-hybridized carbons (Fsp3) is 0.375. The van der Waals surface area contributed by atoms with Crippen molar-refractivity contribution in [3.05, 3.63) is 31.0 Å². The molecule has 11 heavy (non-hydrogen) atoms. The van der Waals surface area contributed by atoms with Crippen LogP contribution in [0, 0.1) is 12.9 Å². The molecular weight excluding hydrogens is 143 g/mol. The van der Waals surface area contributed by atoms with Gasteiger partial charge in [0, 0.05) is 18.3 Å². The van der Waals surface area contributed by atoms with Gasteiger partial charge in [0.25, 0.3) is 0 Å². The van der Waals surface area contributed by atoms with E-state index >= 15 is 0 Å². The van der Waals surface area contributed by atoms with Gasteiger partial charge in [0.05, 0.1) is 5.69 Å². The van der Waals surface area contributed by atoms with E-state index in [1.807, 2.05) is 6.92 Å². The number of halogens is 1. The van der Waals surface area contributed by atoms with Crippen LogP contribution in [0.15, 0.2) is 12.4 Å². The highest BCUT2D eigenvalue weighted by Crippen LogP contribution is 2.16. The Labute approximate surface area is 65.5 Å². The predicted octanol–water partition coefficient (Wildman–Crippen LogP) is 1.94. The first kappa shape index (κ1) is 8.11. The Hall–Kier alpha value is -0.990. The lowest BCUT2D eigenvalue weighted by Gasteiger charge is -2.06. The van der Waals surface area contributed by atoms with Crippen molar-refractivity contribution in [3.63, 3.8) is 0 Å². The van der Waals surface area contributed by atoms with Crippen molar-refractivity contribution in [2.24, 2.45) is 0 Å². The van der Waals surface area contributed by atoms with Gasteiger partial charge >= 0.3 is 0 Å². The molecule has 0 spiro atoms. The molecular formula is C8H10FN2. The normalized spacial score (nSPS) is 13.0. The van der Waals surface area contributed by atoms with Crippen LogP contribution in [0.5, 0.6) is 0 Å². The van der Waals surface area contributed by atoms with E-state index in [0.717, 1.165) is 6.42 Å². The maximum Gasteiger partial charge on any atom is 0.234 e. The number of rotatable bonds is 2. The molecule has 0 amide bonds. The molecule has 1 heterocycles. The van der Waals surface area contributed by atoms with Gasteiger partial charge in [0.1, 0.15) is 0 Å². The van der Waals surface area contributed by atoms with Gasteiger partial charge in [-0.25, -0.2) is 4.98 Å². The van der Waals surface area contributed by atoms with Gasteiger partial charge < -0.3 is 0 Å². The minimum Gasteiger partial charge on any atom is -0.255 e. The van der Waals surface area contributed by atoms with E-state index in [1.54, 1.807) is 0 Å². The molecule has 0 saturated heterocycles. The zero-order valence-electron chi connectivity index (χ0n) is 6.42. The zero-order valence-corrected chi connectivity index (χ0v) is 6.42. The lowest BCUT2D eigenvalue weighted by atomic mass is 10.1. The fourth-order valence-electron chi connectivity index (χ4n) is 0.799. The topological polar surface area (TPSA) is 25.8 Å². The Balaban J connectivity index is 2.93. The molecule has 1 unspecified atom stereocenters. The largest absolute Gasteiger partial charge is 0.255 e. The van der Waals surface area contributed by atoms with E-state index in [0.29, 0.717) is 5.69 Å². The van der Waals surface area contributed by atoms with Crippen molar-refractivity contribution in [1.29, 1.82) is 0 Å². The van der Waals surface area contributed by atoms with Gasteiger partial charge in [0.15, 0.2) is 0 Å². The Morgan fingerprint density at radius 3 is 2.73 bits per heavy atom. The molecule has 0 fully saturated rings. The van der Waals surface area contributed by atoms with Crippen LogP contribution in [-0.2, 0) is 0 Å². The van der Waals surface area contributed by atoms with Crippen molar-refractivity contribution in [1.82, 2.24) is 9.97 Å². The van der Waals surface area contributed by atoms with Gasteiger partial charge in [-0.3, -0.25) is 4.98 Å². The first-order chi connectivity index (χ1) is 5.25. The van der Waals surface area contributed by atoms with Crippen molar-refractivity contribution in [3.8, 4) is 0 Å². The Morgan fingerprint density at radius 2 is 2.18 bits per heavy atom. The van der Waals surface area contributed by atoms with Gasteiger partial charge in [-0.15, -0.1) is 0 Å². The number of hydrogen-bond acceptors (Lipinski definition) is 2. The van der Waals surface area contributed by atoms with Crippen LogP contribution in [0.25, 0.3) is 0 Å². The second kappa shape index (κ2) is 3.42. The maximum absolute atomic E-state index is 12.8. The molecule has 3 heteroatoms. The van der Waals surface area contributed by atoms with Crippen LogP contribution >= 0.6 is 0 Å². The summed E-state index contributed by atoms with van der Waals surface area (Å²) in [4.78, 5) is 7.33. The third-order valence-electron chi connectivity index (χ3n) is 1.56. The third kappa shape index (κ3) is 1.73. The molecule has 1 rings (SSSR count). The maximum atomic E-state index is 12.8. The summed E-state index contributed by atoms with van der Waals surface area (Å²) < 4.78 is 12.8. The quantitative estimate of drug-likeness (QED) is 0.648. The molecule has 0 aliphatic carbocycles. The van der Waals surface area contributed by atoms with Gasteiger partial charge in [-0.2, -0.15) is 4.39 Å². The van der Waals surface area contributed by atoms with Crippen LogP contribution in [0.2, 0.25) is 0 Å². The summed E-state index contributed by atoms with van der Waals surface area (Å²) in [5, 5.41) is 0. The van der Waals surface area contributed by atoms with Gasteiger partial charge in [-0.1, -0.05) is 6.92 Å². The van der Waals surface area contributed by atoms with E-state index in [4.69, 9.17) is 0 Å². The molecule has 0 aliphatic heterocycles. The molecule has 1 radical (unpaired) electrons. The van der Waals surface area contributed by atoms with Crippen LogP contribution < -0.4 is 0 Å². The standard InChI is InChI=1S/C8H10FN2/c1-3-6(2)7-8(9)11-5-4-10-7/h4-6H,2-3H2,1H3. The summed E-state index contributed by atoms with van der Waals surface area (Å²) in [5.74, 6) is -0.599. The Kier molecular flexibility index (Phi) is 2.52. The highest BCUT2D eigenvalue weighted by atomic mass is 19.1. The van der Waals surface area contributed by atoms with Gasteiger partial charge in [-0.05, 0) is 13.3 Å². The van der Waals surface area contributed by atoms with Crippen molar-refractivity contribution < 1.29 is 4.39 Å². The molecule has 0 aliphatic rings. The third-order valence-corrected chi connectivity index (χ3v) is 1.56. The average Bonchev–Trinajstić information content (AvgIpc) is 2.04. The number of nitrogens with zero attached hydrogens (tertiary/aromatic N) is 2. The highest BCUT2D eigenvalue weighted by molar-refractivity contribution is 5.06. The lowest BCUT2D eigenvalue weighted by Crippen LogP contribution is -2.01. The van der Waals surface area contributed by atoms with Crippen LogP contribution in [0.3, 0.4) is 0 Å². The molecule has 59 valence electrons. The van der Waals surface area contributed by atoms with E-state index in [9.17, 15) is 4.39 Å². The smallest absolute Gasteiger partial charge is 0.234 e. The van der Waals surface area contributed by atoms with E-state index in [2.05, 4.69) is 16.9 Å². The van der Waals surface area contributed by atoms with Crippen molar-refractivity contribution in [2.45, 2.75) is 19.3 Å². The van der Waals surface area contributed by atoms with Crippen molar-refractivity contribution in [2.75, 3.05) is 0 Å². The first-order valence-electron chi connectivity index (χ1n) is 3.55. The molecule has 1 atom stereocenters. The van der Waals surface area contributed by atoms with E-state index < -0.39 is 5.95 Å². The Morgan fingerprint density at radius 1 is 1.55 bits per heavy atom. The molecule has 0 bridgehead atoms. The average molecular weight is 153 g/mol. The molecule has 1 aromatic heterocycles. The fourth-order valence-corrected chi connectivity index (χ4v) is 0.799. The summed E-state index contributed by atoms with van der Waals surface area (Å²) >= 11 is 0. The minimum absolute atomic E-state index is 0.0938. The number of aromatic nitrogens is 2. The second-order valence-electron chi connectivity index (χ2n) is 2.34. The second-order valence-corrected chi connectivity index (χ2v) is 2.34. The van der Waals surface area contributed by atoms with Crippen LogP contribution in [0.1, 0.15) is 25.0 Å². The van der Waals surface area contributed by atoms with Gasteiger partial charge in [0.2, 0.25) is 5.95 Å². The SMILES string of the molecule is [CH2]C(CC)c1nccnc1F.